The Labute approximate surface area is 99.4 Å². The van der Waals surface area contributed by atoms with Crippen LogP contribution >= 0.6 is 0 Å². The molecule has 1 aromatic rings. The summed E-state index contributed by atoms with van der Waals surface area (Å²) in [5.74, 6) is 1.61. The number of allylic oxidation sites excluding steroid dienone is 2. The van der Waals surface area contributed by atoms with Crippen molar-refractivity contribution in [3.63, 3.8) is 0 Å². The number of amides is 1. The smallest absolute Gasteiger partial charge is 0.274 e. The Balaban J connectivity index is 1.64. The van der Waals surface area contributed by atoms with E-state index in [0.717, 1.165) is 18.6 Å². The van der Waals surface area contributed by atoms with Gasteiger partial charge in [0.15, 0.2) is 0 Å². The molecule has 1 N–H and O–H groups in total. The highest BCUT2D eigenvalue weighted by atomic mass is 16.3. The Morgan fingerprint density at radius 3 is 3.18 bits per heavy atom. The molecular weight excluding hydrogens is 216 g/mol. The molecular formula is C13H14N2O2. The molecule has 88 valence electrons. The molecule has 1 saturated carbocycles. The van der Waals surface area contributed by atoms with E-state index in [1.165, 1.54) is 6.26 Å². The summed E-state index contributed by atoms with van der Waals surface area (Å²) < 4.78 is 5.08. The number of aryl methyl sites for hydroxylation is 1. The van der Waals surface area contributed by atoms with E-state index in [1.807, 2.05) is 0 Å². The van der Waals surface area contributed by atoms with Crippen LogP contribution in [0, 0.1) is 18.8 Å². The fraction of sp³-hybridized carbons (Fsp3) is 0.385. The molecule has 0 aromatic carbocycles. The maximum Gasteiger partial charge on any atom is 0.274 e. The molecule has 0 saturated heterocycles. The minimum absolute atomic E-state index is 0.196. The number of carbonyl (C=O) groups excluding carboxylic acids is 1. The number of hydrazone groups is 1. The molecule has 2 atom stereocenters. The number of hydrogen-bond acceptors (Lipinski definition) is 3. The number of nitrogens with zero attached hydrogens (tertiary/aromatic N) is 1. The fourth-order valence-corrected chi connectivity index (χ4v) is 2.47. The lowest BCUT2D eigenvalue weighted by molar-refractivity contribution is 0.0952. The zero-order valence-corrected chi connectivity index (χ0v) is 9.64. The molecule has 1 fully saturated rings. The average Bonchev–Trinajstić information content (AvgIpc) is 2.86. The molecule has 0 bridgehead atoms. The highest BCUT2D eigenvalue weighted by Gasteiger charge is 2.38. The molecule has 1 aromatic heterocycles. The molecule has 4 heteroatoms. The second kappa shape index (κ2) is 3.87. The van der Waals surface area contributed by atoms with Crippen molar-refractivity contribution < 1.29 is 9.21 Å². The number of carbonyl (C=O) groups is 1. The van der Waals surface area contributed by atoms with Gasteiger partial charge >= 0.3 is 0 Å². The highest BCUT2D eigenvalue weighted by Crippen LogP contribution is 2.40. The topological polar surface area (TPSA) is 54.6 Å². The van der Waals surface area contributed by atoms with Crippen LogP contribution in [0.15, 0.2) is 34.0 Å². The van der Waals surface area contributed by atoms with Gasteiger partial charge in [0.2, 0.25) is 0 Å². The van der Waals surface area contributed by atoms with Crippen molar-refractivity contribution in [2.24, 2.45) is 16.9 Å². The van der Waals surface area contributed by atoms with Gasteiger partial charge in [-0.3, -0.25) is 4.79 Å². The molecule has 2 aliphatic rings. The molecule has 0 radical (unpaired) electrons. The van der Waals surface area contributed by atoms with E-state index in [4.69, 9.17) is 4.42 Å². The maximum absolute atomic E-state index is 11.8. The van der Waals surface area contributed by atoms with Crippen molar-refractivity contribution in [3.05, 3.63) is 35.8 Å². The molecule has 0 aliphatic heterocycles. The molecule has 17 heavy (non-hydrogen) atoms. The normalized spacial score (nSPS) is 27.9. The van der Waals surface area contributed by atoms with Crippen LogP contribution in [0.2, 0.25) is 0 Å². The molecule has 1 amide bonds. The summed E-state index contributed by atoms with van der Waals surface area (Å²) in [5.41, 5.74) is 4.26. The van der Waals surface area contributed by atoms with Crippen molar-refractivity contribution in [1.82, 2.24) is 5.43 Å². The lowest BCUT2D eigenvalue weighted by Crippen LogP contribution is -2.35. The number of furan rings is 1. The summed E-state index contributed by atoms with van der Waals surface area (Å²) in [7, 11) is 0. The quantitative estimate of drug-likeness (QED) is 0.626. The number of fused-ring (bicyclic) bond motifs is 1. The van der Waals surface area contributed by atoms with Crippen molar-refractivity contribution in [3.8, 4) is 0 Å². The third kappa shape index (κ3) is 1.69. The largest absolute Gasteiger partial charge is 0.469 e. The molecule has 2 aliphatic carbocycles. The predicted octanol–water partition coefficient (Wildman–Crippen LogP) is 2.27. The lowest BCUT2D eigenvalue weighted by atomic mass is 9.74. The monoisotopic (exact) mass is 230 g/mol. The Morgan fingerprint density at radius 1 is 1.59 bits per heavy atom. The van der Waals surface area contributed by atoms with Gasteiger partial charge in [-0.2, -0.15) is 5.10 Å². The SMILES string of the molecule is Cc1occc1C(=O)NN=C1CC2C=CCC12. The van der Waals surface area contributed by atoms with Crippen LogP contribution < -0.4 is 5.43 Å². The van der Waals surface area contributed by atoms with E-state index in [0.29, 0.717) is 23.2 Å². The van der Waals surface area contributed by atoms with Crippen LogP contribution in [0.3, 0.4) is 0 Å². The number of rotatable bonds is 2. The van der Waals surface area contributed by atoms with Gasteiger partial charge in [0.1, 0.15) is 5.76 Å². The van der Waals surface area contributed by atoms with Gasteiger partial charge < -0.3 is 4.42 Å². The van der Waals surface area contributed by atoms with Gasteiger partial charge in [0, 0.05) is 11.6 Å². The van der Waals surface area contributed by atoms with Crippen LogP contribution in [0.4, 0.5) is 0 Å². The lowest BCUT2D eigenvalue weighted by Gasteiger charge is -2.31. The van der Waals surface area contributed by atoms with Crippen LogP contribution in [0.1, 0.15) is 29.0 Å². The standard InChI is InChI=1S/C13H14N2O2/c1-8-10(5-6-17-8)13(16)15-14-12-7-9-3-2-4-11(9)12/h2-3,5-6,9,11H,4,7H2,1H3,(H,15,16). The zero-order valence-electron chi connectivity index (χ0n) is 9.64. The van der Waals surface area contributed by atoms with E-state index >= 15 is 0 Å². The van der Waals surface area contributed by atoms with E-state index in [2.05, 4.69) is 22.7 Å². The molecule has 0 spiro atoms. The second-order valence-electron chi connectivity index (χ2n) is 4.57. The molecule has 4 nitrogen and oxygen atoms in total. The first-order valence-corrected chi connectivity index (χ1v) is 5.83. The summed E-state index contributed by atoms with van der Waals surface area (Å²) in [6.45, 7) is 1.77. The van der Waals surface area contributed by atoms with Crippen LogP contribution in [-0.2, 0) is 0 Å². The van der Waals surface area contributed by atoms with E-state index in [9.17, 15) is 4.79 Å². The Bertz CT molecular complexity index is 513. The summed E-state index contributed by atoms with van der Waals surface area (Å²) >= 11 is 0. The average molecular weight is 230 g/mol. The maximum atomic E-state index is 11.8. The van der Waals surface area contributed by atoms with Gasteiger partial charge in [-0.05, 0) is 31.7 Å². The minimum atomic E-state index is -0.196. The van der Waals surface area contributed by atoms with Crippen molar-refractivity contribution in [1.29, 1.82) is 0 Å². The van der Waals surface area contributed by atoms with Crippen LogP contribution in [0.5, 0.6) is 0 Å². The third-order valence-corrected chi connectivity index (χ3v) is 3.57. The molecule has 1 heterocycles. The summed E-state index contributed by atoms with van der Waals surface area (Å²) in [4.78, 5) is 11.8. The summed E-state index contributed by atoms with van der Waals surface area (Å²) in [5, 5.41) is 4.20. The van der Waals surface area contributed by atoms with Crippen molar-refractivity contribution in [2.75, 3.05) is 0 Å². The minimum Gasteiger partial charge on any atom is -0.469 e. The van der Waals surface area contributed by atoms with E-state index in [1.54, 1.807) is 13.0 Å². The van der Waals surface area contributed by atoms with Crippen molar-refractivity contribution >= 4 is 11.6 Å². The third-order valence-electron chi connectivity index (χ3n) is 3.57. The first-order valence-electron chi connectivity index (χ1n) is 5.83. The Kier molecular flexibility index (Phi) is 2.35. The number of hydrogen-bond donors (Lipinski definition) is 1. The molecule has 3 rings (SSSR count). The second-order valence-corrected chi connectivity index (χ2v) is 4.57. The van der Waals surface area contributed by atoms with Crippen LogP contribution in [-0.4, -0.2) is 11.6 Å². The van der Waals surface area contributed by atoms with E-state index in [-0.39, 0.29) is 5.91 Å². The van der Waals surface area contributed by atoms with Gasteiger partial charge in [-0.1, -0.05) is 12.2 Å². The number of nitrogens with one attached hydrogen (secondary N) is 1. The van der Waals surface area contributed by atoms with E-state index < -0.39 is 0 Å². The first-order chi connectivity index (χ1) is 8.25. The van der Waals surface area contributed by atoms with Crippen molar-refractivity contribution in [2.45, 2.75) is 19.8 Å². The predicted molar refractivity (Wildman–Crippen MR) is 63.7 cm³/mol. The van der Waals surface area contributed by atoms with Gasteiger partial charge in [-0.25, -0.2) is 5.43 Å². The zero-order chi connectivity index (χ0) is 11.8. The molecule has 2 unspecified atom stereocenters. The first kappa shape index (κ1) is 10.3. The van der Waals surface area contributed by atoms with Gasteiger partial charge in [0.05, 0.1) is 11.8 Å². The Hall–Kier alpha value is -1.84. The highest BCUT2D eigenvalue weighted by molar-refractivity contribution is 5.98. The fourth-order valence-electron chi connectivity index (χ4n) is 2.47. The van der Waals surface area contributed by atoms with Crippen LogP contribution in [0.25, 0.3) is 0 Å². The summed E-state index contributed by atoms with van der Waals surface area (Å²) in [6.07, 6.45) is 7.99. The van der Waals surface area contributed by atoms with Gasteiger partial charge in [-0.15, -0.1) is 0 Å². The summed E-state index contributed by atoms with van der Waals surface area (Å²) in [6, 6.07) is 1.66. The Morgan fingerprint density at radius 2 is 2.47 bits per heavy atom. The van der Waals surface area contributed by atoms with Gasteiger partial charge in [0.25, 0.3) is 5.91 Å².